The first-order valence-corrected chi connectivity index (χ1v) is 11.7. The van der Waals surface area contributed by atoms with Crippen molar-refractivity contribution >= 4 is 5.96 Å². The Hall–Kier alpha value is -1.99. The van der Waals surface area contributed by atoms with Crippen LogP contribution in [0.15, 0.2) is 23.2 Å². The minimum Gasteiger partial charge on any atom is -0.493 e. The Labute approximate surface area is 186 Å². The van der Waals surface area contributed by atoms with Crippen LogP contribution in [0.4, 0.5) is 0 Å². The lowest BCUT2D eigenvalue weighted by Crippen LogP contribution is -2.37. The Bertz CT molecular complexity index is 671. The molecule has 1 aliphatic carbocycles. The summed E-state index contributed by atoms with van der Waals surface area (Å²) in [4.78, 5) is 4.32. The molecule has 0 bridgehead atoms. The van der Waals surface area contributed by atoms with Crippen LogP contribution in [0, 0.1) is 5.92 Å². The van der Waals surface area contributed by atoms with Gasteiger partial charge in [-0.1, -0.05) is 6.07 Å². The topological polar surface area (TPSA) is 73.3 Å². The molecule has 7 nitrogen and oxygen atoms in total. The Balaban J connectivity index is 1.35. The summed E-state index contributed by atoms with van der Waals surface area (Å²) in [5.41, 5.74) is 1.14. The highest BCUT2D eigenvalue weighted by Crippen LogP contribution is 2.32. The Morgan fingerprint density at radius 1 is 1.10 bits per heavy atom. The summed E-state index contributed by atoms with van der Waals surface area (Å²) in [6.07, 6.45) is 8.24. The van der Waals surface area contributed by atoms with Crippen molar-refractivity contribution < 1.29 is 18.9 Å². The van der Waals surface area contributed by atoms with Crippen LogP contribution in [0.5, 0.6) is 11.5 Å². The van der Waals surface area contributed by atoms with Crippen LogP contribution in [-0.2, 0) is 16.0 Å². The van der Waals surface area contributed by atoms with Crippen molar-refractivity contribution in [1.29, 1.82) is 0 Å². The summed E-state index contributed by atoms with van der Waals surface area (Å²) < 4.78 is 22.9. The van der Waals surface area contributed by atoms with Gasteiger partial charge in [-0.3, -0.25) is 4.99 Å². The summed E-state index contributed by atoms with van der Waals surface area (Å²) in [6, 6.07) is 6.11. The molecule has 0 unspecified atom stereocenters. The maximum Gasteiger partial charge on any atom is 0.191 e. The molecular formula is C24H39N3O4. The highest BCUT2D eigenvalue weighted by Gasteiger charge is 2.18. The van der Waals surface area contributed by atoms with E-state index in [9.17, 15) is 0 Å². The molecule has 174 valence electrons. The fourth-order valence-electron chi connectivity index (χ4n) is 4.06. The zero-order valence-corrected chi connectivity index (χ0v) is 19.2. The molecule has 1 aliphatic heterocycles. The summed E-state index contributed by atoms with van der Waals surface area (Å²) in [5.74, 6) is 3.07. The number of aliphatic imine (C=N–C) groups is 1. The predicted octanol–water partition coefficient (Wildman–Crippen LogP) is 3.51. The van der Waals surface area contributed by atoms with Crippen LogP contribution >= 0.6 is 0 Å². The molecule has 0 atom stereocenters. The van der Waals surface area contributed by atoms with Crippen LogP contribution < -0.4 is 20.1 Å². The van der Waals surface area contributed by atoms with Crippen LogP contribution in [0.1, 0.15) is 50.5 Å². The molecule has 2 N–H and O–H groups in total. The molecule has 1 saturated carbocycles. The van der Waals surface area contributed by atoms with E-state index in [1.165, 1.54) is 12.8 Å². The summed E-state index contributed by atoms with van der Waals surface area (Å²) in [5, 5.41) is 6.73. The third-order valence-corrected chi connectivity index (χ3v) is 5.96. The second-order valence-corrected chi connectivity index (χ2v) is 8.35. The number of nitrogens with one attached hydrogen (secondary N) is 2. The van der Waals surface area contributed by atoms with Crippen molar-refractivity contribution in [3.63, 3.8) is 0 Å². The van der Waals surface area contributed by atoms with Gasteiger partial charge in [0.1, 0.15) is 0 Å². The Kier molecular flexibility index (Phi) is 10.3. The van der Waals surface area contributed by atoms with E-state index in [0.29, 0.717) is 18.6 Å². The van der Waals surface area contributed by atoms with Gasteiger partial charge in [0.2, 0.25) is 0 Å². The van der Waals surface area contributed by atoms with Gasteiger partial charge in [0.25, 0.3) is 0 Å². The third-order valence-electron chi connectivity index (χ3n) is 5.96. The first-order chi connectivity index (χ1) is 15.3. The second kappa shape index (κ2) is 13.4. The number of methoxy groups -OCH3 is 1. The van der Waals surface area contributed by atoms with Crippen molar-refractivity contribution in [1.82, 2.24) is 10.6 Å². The molecule has 1 heterocycles. The number of nitrogens with zero attached hydrogens (tertiary/aromatic N) is 1. The van der Waals surface area contributed by atoms with E-state index >= 15 is 0 Å². The summed E-state index contributed by atoms with van der Waals surface area (Å²) in [7, 11) is 3.48. The lowest BCUT2D eigenvalue weighted by Gasteiger charge is -2.21. The van der Waals surface area contributed by atoms with Gasteiger partial charge >= 0.3 is 0 Å². The van der Waals surface area contributed by atoms with Crippen LogP contribution in [0.3, 0.4) is 0 Å². The van der Waals surface area contributed by atoms with Crippen LogP contribution in [0.25, 0.3) is 0 Å². The molecule has 2 aliphatic rings. The normalized spacial score (nSPS) is 18.2. The number of rotatable bonds is 11. The summed E-state index contributed by atoms with van der Waals surface area (Å²) >= 11 is 0. The maximum absolute atomic E-state index is 6.20. The molecule has 2 fully saturated rings. The number of hydrogen-bond donors (Lipinski definition) is 2. The van der Waals surface area contributed by atoms with E-state index < -0.39 is 0 Å². The smallest absolute Gasteiger partial charge is 0.191 e. The van der Waals surface area contributed by atoms with E-state index in [0.717, 1.165) is 88.1 Å². The zero-order chi connectivity index (χ0) is 21.7. The molecule has 0 amide bonds. The van der Waals surface area contributed by atoms with Crippen LogP contribution in [0.2, 0.25) is 0 Å². The van der Waals surface area contributed by atoms with Gasteiger partial charge in [0.05, 0.1) is 13.2 Å². The minimum atomic E-state index is 0.306. The Morgan fingerprint density at radius 3 is 2.65 bits per heavy atom. The standard InChI is InChI=1S/C24H39N3O4/c1-25-24(26-12-5-13-30-18-19-10-14-29-15-11-19)27-17-20-8-9-22(28-2)23(16-20)31-21-6-3-4-7-21/h8-9,16,19,21H,3-7,10-15,17-18H2,1-2H3,(H2,25,26,27). The van der Waals surface area contributed by atoms with E-state index in [1.54, 1.807) is 14.2 Å². The number of ether oxygens (including phenoxy) is 4. The lowest BCUT2D eigenvalue weighted by molar-refractivity contribution is 0.0203. The number of hydrogen-bond acceptors (Lipinski definition) is 5. The molecule has 1 aromatic carbocycles. The van der Waals surface area contributed by atoms with Gasteiger partial charge in [-0.05, 0) is 68.6 Å². The first-order valence-electron chi connectivity index (χ1n) is 11.7. The largest absolute Gasteiger partial charge is 0.493 e. The van der Waals surface area contributed by atoms with Crippen LogP contribution in [-0.4, -0.2) is 59.2 Å². The van der Waals surface area contributed by atoms with E-state index in [-0.39, 0.29) is 0 Å². The fourth-order valence-corrected chi connectivity index (χ4v) is 4.06. The molecule has 0 radical (unpaired) electrons. The fraction of sp³-hybridized carbons (Fsp3) is 0.708. The SMILES string of the molecule is CN=C(NCCCOCC1CCOCC1)NCc1ccc(OC)c(OC2CCCC2)c1. The van der Waals surface area contributed by atoms with Gasteiger partial charge in [-0.15, -0.1) is 0 Å². The molecule has 3 rings (SSSR count). The third kappa shape index (κ3) is 8.22. The van der Waals surface area contributed by atoms with Gasteiger partial charge < -0.3 is 29.6 Å². The van der Waals surface area contributed by atoms with Gasteiger partial charge in [-0.2, -0.15) is 0 Å². The van der Waals surface area contributed by atoms with Gasteiger partial charge in [0.15, 0.2) is 17.5 Å². The van der Waals surface area contributed by atoms with E-state index in [1.807, 2.05) is 6.07 Å². The number of benzene rings is 1. The molecule has 31 heavy (non-hydrogen) atoms. The van der Waals surface area contributed by atoms with Crippen molar-refractivity contribution in [3.05, 3.63) is 23.8 Å². The molecule has 7 heteroatoms. The predicted molar refractivity (Wildman–Crippen MR) is 123 cm³/mol. The second-order valence-electron chi connectivity index (χ2n) is 8.35. The summed E-state index contributed by atoms with van der Waals surface area (Å²) in [6.45, 7) is 4.86. The lowest BCUT2D eigenvalue weighted by atomic mass is 10.0. The molecular weight excluding hydrogens is 394 g/mol. The van der Waals surface area contributed by atoms with E-state index in [4.69, 9.17) is 18.9 Å². The quantitative estimate of drug-likeness (QED) is 0.316. The Morgan fingerprint density at radius 2 is 1.90 bits per heavy atom. The molecule has 0 aromatic heterocycles. The van der Waals surface area contributed by atoms with Gasteiger partial charge in [-0.25, -0.2) is 0 Å². The van der Waals surface area contributed by atoms with Crippen molar-refractivity contribution in [2.75, 3.05) is 47.1 Å². The van der Waals surface area contributed by atoms with E-state index in [2.05, 4.69) is 27.8 Å². The minimum absolute atomic E-state index is 0.306. The average molecular weight is 434 g/mol. The molecule has 0 spiro atoms. The highest BCUT2D eigenvalue weighted by atomic mass is 16.5. The molecule has 1 saturated heterocycles. The monoisotopic (exact) mass is 433 g/mol. The molecule has 1 aromatic rings. The first kappa shape index (κ1) is 23.7. The maximum atomic E-state index is 6.20. The van der Waals surface area contributed by atoms with Crippen molar-refractivity contribution in [2.24, 2.45) is 10.9 Å². The average Bonchev–Trinajstić information content (AvgIpc) is 3.32. The van der Waals surface area contributed by atoms with Crippen molar-refractivity contribution in [2.45, 2.75) is 57.6 Å². The van der Waals surface area contributed by atoms with Gasteiger partial charge in [0, 0.05) is 46.6 Å². The van der Waals surface area contributed by atoms with Crippen molar-refractivity contribution in [3.8, 4) is 11.5 Å². The highest BCUT2D eigenvalue weighted by molar-refractivity contribution is 5.79. The number of guanidine groups is 1. The zero-order valence-electron chi connectivity index (χ0n) is 19.2.